The zero-order chi connectivity index (χ0) is 15.4. The third-order valence-electron chi connectivity index (χ3n) is 3.56. The number of nitrogens with one attached hydrogen (secondary N) is 1. The summed E-state index contributed by atoms with van der Waals surface area (Å²) in [7, 11) is 1.72. The van der Waals surface area contributed by atoms with Crippen molar-refractivity contribution in [3.05, 3.63) is 22.6 Å². The normalized spacial score (nSPS) is 11.2. The number of rotatable bonds is 6. The molecule has 0 aromatic carbocycles. The maximum absolute atomic E-state index is 12.4. The first kappa shape index (κ1) is 15.3. The second kappa shape index (κ2) is 6.56. The fraction of sp³-hybridized carbons (Fsp3) is 0.533. The zero-order valence-electron chi connectivity index (χ0n) is 12.9. The Hall–Kier alpha value is -2.11. The highest BCUT2D eigenvalue weighted by atomic mass is 16.1. The van der Waals surface area contributed by atoms with Crippen molar-refractivity contribution in [1.82, 2.24) is 14.5 Å². The van der Waals surface area contributed by atoms with Gasteiger partial charge in [-0.05, 0) is 18.9 Å². The Labute approximate surface area is 124 Å². The van der Waals surface area contributed by atoms with E-state index < -0.39 is 0 Å². The molecule has 0 atom stereocenters. The second-order valence-corrected chi connectivity index (χ2v) is 5.34. The van der Waals surface area contributed by atoms with Gasteiger partial charge in [-0.25, -0.2) is 4.98 Å². The molecule has 0 unspecified atom stereocenters. The minimum Gasteiger partial charge on any atom is -0.368 e. The van der Waals surface area contributed by atoms with Gasteiger partial charge in [-0.2, -0.15) is 4.98 Å². The Morgan fingerprint density at radius 2 is 1.95 bits per heavy atom. The average molecular weight is 289 g/mol. The van der Waals surface area contributed by atoms with Gasteiger partial charge in [0.2, 0.25) is 5.95 Å². The van der Waals surface area contributed by atoms with Crippen molar-refractivity contribution in [2.24, 2.45) is 7.05 Å². The van der Waals surface area contributed by atoms with Crippen molar-refractivity contribution < 1.29 is 0 Å². The van der Waals surface area contributed by atoms with Crippen molar-refractivity contribution in [2.45, 2.75) is 45.6 Å². The molecule has 2 rings (SSSR count). The fourth-order valence-corrected chi connectivity index (χ4v) is 2.54. The van der Waals surface area contributed by atoms with Gasteiger partial charge in [0, 0.05) is 19.3 Å². The van der Waals surface area contributed by atoms with Gasteiger partial charge < -0.3 is 15.6 Å². The number of nitrogens with zero attached hydrogens (tertiary/aromatic N) is 3. The van der Waals surface area contributed by atoms with E-state index in [2.05, 4.69) is 29.1 Å². The molecule has 2 aromatic rings. The molecule has 0 amide bonds. The number of pyridine rings is 1. The number of aryl methyl sites for hydroxylation is 1. The molecular weight excluding hydrogens is 266 g/mol. The molecule has 0 spiro atoms. The number of nitrogens with two attached hydrogens (primary N) is 1. The van der Waals surface area contributed by atoms with Crippen molar-refractivity contribution in [2.75, 3.05) is 11.1 Å². The number of aromatic nitrogens is 3. The van der Waals surface area contributed by atoms with E-state index in [1.54, 1.807) is 19.3 Å². The maximum atomic E-state index is 12.4. The van der Waals surface area contributed by atoms with Gasteiger partial charge in [0.05, 0.1) is 5.52 Å². The summed E-state index contributed by atoms with van der Waals surface area (Å²) >= 11 is 0. The first-order valence-electron chi connectivity index (χ1n) is 7.46. The number of hydrogen-bond donors (Lipinski definition) is 2. The summed E-state index contributed by atoms with van der Waals surface area (Å²) in [6, 6.07) is 2.08. The number of fused-ring (bicyclic) bond motifs is 1. The van der Waals surface area contributed by atoms with Crippen LogP contribution in [-0.2, 0) is 7.05 Å². The molecule has 0 saturated heterocycles. The van der Waals surface area contributed by atoms with Crippen molar-refractivity contribution in [3.8, 4) is 0 Å². The third-order valence-corrected chi connectivity index (χ3v) is 3.56. The van der Waals surface area contributed by atoms with Crippen molar-refractivity contribution in [3.63, 3.8) is 0 Å². The smallest absolute Gasteiger partial charge is 0.263 e. The lowest BCUT2D eigenvalue weighted by atomic mass is 10.1. The van der Waals surface area contributed by atoms with Crippen LogP contribution in [0.15, 0.2) is 17.1 Å². The highest BCUT2D eigenvalue weighted by Crippen LogP contribution is 2.20. The van der Waals surface area contributed by atoms with E-state index >= 15 is 0 Å². The maximum Gasteiger partial charge on any atom is 0.263 e. The molecule has 3 N–H and O–H groups in total. The molecule has 6 nitrogen and oxygen atoms in total. The molecule has 6 heteroatoms. The predicted octanol–water partition coefficient (Wildman–Crippen LogP) is 2.29. The van der Waals surface area contributed by atoms with Crippen LogP contribution in [0.2, 0.25) is 0 Å². The molecule has 0 saturated carbocycles. The lowest BCUT2D eigenvalue weighted by Crippen LogP contribution is -2.24. The average Bonchev–Trinajstić information content (AvgIpc) is 2.43. The van der Waals surface area contributed by atoms with Gasteiger partial charge in [0.25, 0.3) is 5.56 Å². The third kappa shape index (κ3) is 3.32. The van der Waals surface area contributed by atoms with Gasteiger partial charge in [0.15, 0.2) is 0 Å². The summed E-state index contributed by atoms with van der Waals surface area (Å²) in [5.74, 6) is 0.732. The Balaban J connectivity index is 2.51. The molecule has 0 aliphatic carbocycles. The lowest BCUT2D eigenvalue weighted by molar-refractivity contribution is 0.585. The Morgan fingerprint density at radius 3 is 2.57 bits per heavy atom. The number of hydrogen-bond acceptors (Lipinski definition) is 5. The van der Waals surface area contributed by atoms with Crippen LogP contribution in [0.1, 0.15) is 39.5 Å². The monoisotopic (exact) mass is 289 g/mol. The van der Waals surface area contributed by atoms with E-state index in [-0.39, 0.29) is 11.5 Å². The quantitative estimate of drug-likeness (QED) is 0.852. The SMILES string of the molecule is CCCC(CCC)Nc1nc(N)nc2ccn(C)c(=O)c12. The Morgan fingerprint density at radius 1 is 1.29 bits per heavy atom. The van der Waals surface area contributed by atoms with Gasteiger partial charge in [-0.1, -0.05) is 26.7 Å². The minimum absolute atomic E-state index is 0.109. The minimum atomic E-state index is -0.109. The van der Waals surface area contributed by atoms with Crippen LogP contribution < -0.4 is 16.6 Å². The highest BCUT2D eigenvalue weighted by molar-refractivity contribution is 5.89. The van der Waals surface area contributed by atoms with Crippen molar-refractivity contribution >= 4 is 22.7 Å². The second-order valence-electron chi connectivity index (χ2n) is 5.34. The van der Waals surface area contributed by atoms with Crippen LogP contribution in [-0.4, -0.2) is 20.6 Å². The Kier molecular flexibility index (Phi) is 4.77. The lowest BCUT2D eigenvalue weighted by Gasteiger charge is -2.19. The molecule has 2 aromatic heterocycles. The zero-order valence-corrected chi connectivity index (χ0v) is 12.9. The number of anilines is 2. The topological polar surface area (TPSA) is 85.8 Å². The van der Waals surface area contributed by atoms with E-state index in [4.69, 9.17) is 5.73 Å². The van der Waals surface area contributed by atoms with Gasteiger partial charge in [0.1, 0.15) is 11.2 Å². The van der Waals surface area contributed by atoms with Crippen LogP contribution in [0.4, 0.5) is 11.8 Å². The molecule has 2 heterocycles. The molecule has 0 fully saturated rings. The fourth-order valence-electron chi connectivity index (χ4n) is 2.54. The summed E-state index contributed by atoms with van der Waals surface area (Å²) < 4.78 is 1.53. The molecule has 21 heavy (non-hydrogen) atoms. The highest BCUT2D eigenvalue weighted by Gasteiger charge is 2.14. The van der Waals surface area contributed by atoms with E-state index in [0.29, 0.717) is 22.8 Å². The molecule has 0 bridgehead atoms. The van der Waals surface area contributed by atoms with E-state index in [1.165, 1.54) is 4.57 Å². The summed E-state index contributed by atoms with van der Waals surface area (Å²) in [5, 5.41) is 3.89. The molecular formula is C15H23N5O. The van der Waals surface area contributed by atoms with E-state index in [1.807, 2.05) is 0 Å². The summed E-state index contributed by atoms with van der Waals surface area (Å²) in [6.45, 7) is 4.30. The summed E-state index contributed by atoms with van der Waals surface area (Å²) in [4.78, 5) is 20.8. The molecule has 114 valence electrons. The van der Waals surface area contributed by atoms with Crippen LogP contribution in [0, 0.1) is 0 Å². The number of nitrogen functional groups attached to an aromatic ring is 1. The molecule has 0 aliphatic rings. The van der Waals surface area contributed by atoms with Gasteiger partial charge >= 0.3 is 0 Å². The van der Waals surface area contributed by atoms with E-state index in [0.717, 1.165) is 25.7 Å². The van der Waals surface area contributed by atoms with E-state index in [9.17, 15) is 4.79 Å². The molecule has 0 radical (unpaired) electrons. The summed E-state index contributed by atoms with van der Waals surface area (Å²) in [6.07, 6.45) is 5.91. The first-order chi connectivity index (χ1) is 10.1. The largest absolute Gasteiger partial charge is 0.368 e. The Bertz CT molecular complexity index is 674. The standard InChI is InChI=1S/C15H23N5O/c1-4-6-10(7-5-2)17-13-12-11(18-15(16)19-13)8-9-20(3)14(12)21/h8-10H,4-7H2,1-3H3,(H3,16,17,18,19). The van der Waals surface area contributed by atoms with Gasteiger partial charge in [-0.15, -0.1) is 0 Å². The summed E-state index contributed by atoms with van der Waals surface area (Å²) in [5.41, 5.74) is 6.24. The van der Waals surface area contributed by atoms with Crippen molar-refractivity contribution in [1.29, 1.82) is 0 Å². The van der Waals surface area contributed by atoms with Crippen LogP contribution in [0.5, 0.6) is 0 Å². The van der Waals surface area contributed by atoms with Crippen LogP contribution >= 0.6 is 0 Å². The van der Waals surface area contributed by atoms with Gasteiger partial charge in [-0.3, -0.25) is 4.79 Å². The first-order valence-corrected chi connectivity index (χ1v) is 7.46. The molecule has 0 aliphatic heterocycles. The van der Waals surface area contributed by atoms with Crippen LogP contribution in [0.3, 0.4) is 0 Å². The predicted molar refractivity (Wildman–Crippen MR) is 86.4 cm³/mol. The van der Waals surface area contributed by atoms with Crippen LogP contribution in [0.25, 0.3) is 10.9 Å².